The maximum absolute atomic E-state index is 13.1. The van der Waals surface area contributed by atoms with Gasteiger partial charge in [0.15, 0.2) is 0 Å². The lowest BCUT2D eigenvalue weighted by atomic mass is 9.75. The number of likely N-dealkylation sites (tertiary alicyclic amines) is 1. The summed E-state index contributed by atoms with van der Waals surface area (Å²) in [7, 11) is 1.59. The van der Waals surface area contributed by atoms with E-state index in [1.807, 2.05) is 34.1 Å². The van der Waals surface area contributed by atoms with Crippen LogP contribution in [0.4, 0.5) is 0 Å². The van der Waals surface area contributed by atoms with Crippen molar-refractivity contribution >= 4 is 23.4 Å². The first kappa shape index (κ1) is 24.4. The molecule has 0 unspecified atom stereocenters. The smallest absolute Gasteiger partial charge is 0.253 e. The summed E-state index contributed by atoms with van der Waals surface area (Å²) in [4.78, 5) is 30.0. The van der Waals surface area contributed by atoms with E-state index in [0.717, 1.165) is 5.75 Å². The standard InChI is InChI=1S/C26H31ClN2O5/c1-32-23-4-2-3-20(17-23)25(31)29-11-9-26(10-12-29,18-24(30)28-13-15-33-16-14-28)19-34-22-7-5-21(27)6-8-22/h2-8,17H,9-16,18-19H2,1H3. The van der Waals surface area contributed by atoms with E-state index in [1.165, 1.54) is 0 Å². The van der Waals surface area contributed by atoms with Crippen LogP contribution in [0.15, 0.2) is 48.5 Å². The Bertz CT molecular complexity index is 983. The summed E-state index contributed by atoms with van der Waals surface area (Å²) < 4.78 is 16.8. The van der Waals surface area contributed by atoms with Crippen molar-refractivity contribution in [1.29, 1.82) is 0 Å². The maximum atomic E-state index is 13.1. The molecule has 0 spiro atoms. The van der Waals surface area contributed by atoms with E-state index in [0.29, 0.717) is 81.6 Å². The number of amides is 2. The quantitative estimate of drug-likeness (QED) is 0.593. The molecule has 4 rings (SSSR count). The second-order valence-corrected chi connectivity index (χ2v) is 9.37. The lowest BCUT2D eigenvalue weighted by Crippen LogP contribution is -2.49. The average molecular weight is 487 g/mol. The zero-order valence-corrected chi connectivity index (χ0v) is 20.3. The Labute approximate surface area is 205 Å². The van der Waals surface area contributed by atoms with Crippen LogP contribution in [-0.2, 0) is 9.53 Å². The van der Waals surface area contributed by atoms with Crippen molar-refractivity contribution in [3.8, 4) is 11.5 Å². The van der Waals surface area contributed by atoms with E-state index < -0.39 is 0 Å². The molecular formula is C26H31ClN2O5. The number of carbonyl (C=O) groups excluding carboxylic acids is 2. The van der Waals surface area contributed by atoms with Crippen molar-refractivity contribution in [3.05, 3.63) is 59.1 Å². The van der Waals surface area contributed by atoms with E-state index in [-0.39, 0.29) is 17.2 Å². The van der Waals surface area contributed by atoms with Crippen LogP contribution in [0.1, 0.15) is 29.6 Å². The number of carbonyl (C=O) groups is 2. The maximum Gasteiger partial charge on any atom is 0.253 e. The number of rotatable bonds is 7. The van der Waals surface area contributed by atoms with Crippen molar-refractivity contribution in [1.82, 2.24) is 9.80 Å². The van der Waals surface area contributed by atoms with Crippen LogP contribution in [0.5, 0.6) is 11.5 Å². The van der Waals surface area contributed by atoms with Gasteiger partial charge in [0, 0.05) is 48.6 Å². The minimum absolute atomic E-state index is 0.0226. The Morgan fingerprint density at radius 3 is 2.35 bits per heavy atom. The second-order valence-electron chi connectivity index (χ2n) is 8.94. The van der Waals surface area contributed by atoms with E-state index in [4.69, 9.17) is 25.8 Å². The van der Waals surface area contributed by atoms with Gasteiger partial charge in [-0.15, -0.1) is 0 Å². The Hall–Kier alpha value is -2.77. The van der Waals surface area contributed by atoms with Crippen LogP contribution in [0.3, 0.4) is 0 Å². The fraction of sp³-hybridized carbons (Fsp3) is 0.462. The SMILES string of the molecule is COc1cccc(C(=O)N2CCC(COc3ccc(Cl)cc3)(CC(=O)N3CCOCC3)CC2)c1. The van der Waals surface area contributed by atoms with Gasteiger partial charge in [0.05, 0.1) is 26.9 Å². The number of halogens is 1. The second kappa shape index (κ2) is 11.1. The molecule has 2 aromatic carbocycles. The molecule has 182 valence electrons. The third-order valence-corrected chi connectivity index (χ3v) is 6.93. The zero-order valence-electron chi connectivity index (χ0n) is 19.5. The van der Waals surface area contributed by atoms with Gasteiger partial charge in [-0.1, -0.05) is 17.7 Å². The number of morpholine rings is 1. The van der Waals surface area contributed by atoms with Crippen molar-refractivity contribution in [2.24, 2.45) is 5.41 Å². The minimum atomic E-state index is -0.347. The molecule has 2 aliphatic rings. The molecule has 0 atom stereocenters. The van der Waals surface area contributed by atoms with Gasteiger partial charge in [-0.05, 0) is 55.3 Å². The van der Waals surface area contributed by atoms with Gasteiger partial charge in [0.2, 0.25) is 5.91 Å². The molecule has 34 heavy (non-hydrogen) atoms. The average Bonchev–Trinajstić information content (AvgIpc) is 2.89. The van der Waals surface area contributed by atoms with E-state index in [1.54, 1.807) is 31.4 Å². The molecule has 0 aliphatic carbocycles. The van der Waals surface area contributed by atoms with Crippen molar-refractivity contribution in [2.45, 2.75) is 19.3 Å². The van der Waals surface area contributed by atoms with Crippen LogP contribution in [0.2, 0.25) is 5.02 Å². The van der Waals surface area contributed by atoms with E-state index in [9.17, 15) is 9.59 Å². The summed E-state index contributed by atoms with van der Waals surface area (Å²) in [6, 6.07) is 14.5. The first-order valence-electron chi connectivity index (χ1n) is 11.7. The summed E-state index contributed by atoms with van der Waals surface area (Å²) in [5, 5.41) is 0.647. The van der Waals surface area contributed by atoms with Gasteiger partial charge < -0.3 is 24.0 Å². The molecular weight excluding hydrogens is 456 g/mol. The highest BCUT2D eigenvalue weighted by atomic mass is 35.5. The molecule has 2 aliphatic heterocycles. The molecule has 0 bridgehead atoms. The molecule has 0 N–H and O–H groups in total. The lowest BCUT2D eigenvalue weighted by Gasteiger charge is -2.42. The third kappa shape index (κ3) is 6.02. The van der Waals surface area contributed by atoms with Gasteiger partial charge in [0.1, 0.15) is 11.5 Å². The number of hydrogen-bond acceptors (Lipinski definition) is 5. The van der Waals surface area contributed by atoms with Crippen LogP contribution in [-0.4, -0.2) is 74.7 Å². The first-order chi connectivity index (χ1) is 16.5. The van der Waals surface area contributed by atoms with Crippen LogP contribution < -0.4 is 9.47 Å². The number of methoxy groups -OCH3 is 1. The Balaban J connectivity index is 1.45. The number of benzene rings is 2. The van der Waals surface area contributed by atoms with Crippen molar-refractivity contribution in [3.63, 3.8) is 0 Å². The normalized spacial score (nSPS) is 17.8. The molecule has 7 nitrogen and oxygen atoms in total. The molecule has 0 aromatic heterocycles. The highest BCUT2D eigenvalue weighted by Crippen LogP contribution is 2.37. The van der Waals surface area contributed by atoms with Gasteiger partial charge in [0.25, 0.3) is 5.91 Å². The Morgan fingerprint density at radius 2 is 1.68 bits per heavy atom. The molecule has 0 saturated carbocycles. The topological polar surface area (TPSA) is 68.3 Å². The van der Waals surface area contributed by atoms with Gasteiger partial charge in [-0.3, -0.25) is 9.59 Å². The monoisotopic (exact) mass is 486 g/mol. The van der Waals surface area contributed by atoms with Crippen LogP contribution in [0, 0.1) is 5.41 Å². The molecule has 0 radical (unpaired) electrons. The molecule has 2 heterocycles. The molecule has 2 saturated heterocycles. The highest BCUT2D eigenvalue weighted by molar-refractivity contribution is 6.30. The van der Waals surface area contributed by atoms with Crippen LogP contribution >= 0.6 is 11.6 Å². The van der Waals surface area contributed by atoms with Crippen LogP contribution in [0.25, 0.3) is 0 Å². The summed E-state index contributed by atoms with van der Waals surface area (Å²) in [6.45, 7) is 3.92. The van der Waals surface area contributed by atoms with E-state index >= 15 is 0 Å². The molecule has 8 heteroatoms. The minimum Gasteiger partial charge on any atom is -0.497 e. The Morgan fingerprint density at radius 1 is 0.971 bits per heavy atom. The number of piperidine rings is 1. The van der Waals surface area contributed by atoms with Crippen molar-refractivity contribution in [2.75, 3.05) is 53.1 Å². The number of hydrogen-bond donors (Lipinski definition) is 0. The zero-order chi connectivity index (χ0) is 24.0. The molecule has 2 amide bonds. The number of ether oxygens (including phenoxy) is 3. The summed E-state index contributed by atoms with van der Waals surface area (Å²) in [5.74, 6) is 1.48. The third-order valence-electron chi connectivity index (χ3n) is 6.68. The molecule has 2 fully saturated rings. The predicted octanol–water partition coefficient (Wildman–Crippen LogP) is 3.90. The fourth-order valence-corrected chi connectivity index (χ4v) is 4.63. The van der Waals surface area contributed by atoms with E-state index in [2.05, 4.69) is 0 Å². The van der Waals surface area contributed by atoms with Gasteiger partial charge >= 0.3 is 0 Å². The highest BCUT2D eigenvalue weighted by Gasteiger charge is 2.40. The fourth-order valence-electron chi connectivity index (χ4n) is 4.51. The Kier molecular flexibility index (Phi) is 7.95. The van der Waals surface area contributed by atoms with Gasteiger partial charge in [-0.2, -0.15) is 0 Å². The van der Waals surface area contributed by atoms with Crippen molar-refractivity contribution < 1.29 is 23.8 Å². The summed E-state index contributed by atoms with van der Waals surface area (Å²) in [6.07, 6.45) is 1.76. The largest absolute Gasteiger partial charge is 0.497 e. The number of nitrogens with zero attached hydrogens (tertiary/aromatic N) is 2. The summed E-state index contributed by atoms with van der Waals surface area (Å²) >= 11 is 6.00. The first-order valence-corrected chi connectivity index (χ1v) is 12.0. The molecule has 2 aromatic rings. The van der Waals surface area contributed by atoms with Gasteiger partial charge in [-0.25, -0.2) is 0 Å². The predicted molar refractivity (Wildman–Crippen MR) is 130 cm³/mol. The summed E-state index contributed by atoms with van der Waals surface area (Å²) in [5.41, 5.74) is 0.258. The lowest BCUT2D eigenvalue weighted by molar-refractivity contribution is -0.139.